The molecule has 1 aromatic heterocycles. The van der Waals surface area contributed by atoms with Gasteiger partial charge in [0.2, 0.25) is 5.95 Å². The van der Waals surface area contributed by atoms with E-state index in [2.05, 4.69) is 31.0 Å². The van der Waals surface area contributed by atoms with Crippen LogP contribution in [0.3, 0.4) is 0 Å². The van der Waals surface area contributed by atoms with Crippen molar-refractivity contribution in [1.29, 1.82) is 0 Å². The lowest BCUT2D eigenvalue weighted by atomic mass is 10.0. The van der Waals surface area contributed by atoms with Crippen LogP contribution in [-0.4, -0.2) is 22.8 Å². The van der Waals surface area contributed by atoms with Crippen LogP contribution < -0.4 is 0 Å². The van der Waals surface area contributed by atoms with Gasteiger partial charge in [0.1, 0.15) is 0 Å². The Morgan fingerprint density at radius 2 is 1.90 bits per heavy atom. The monoisotopic (exact) mass is 286 g/mol. The summed E-state index contributed by atoms with van der Waals surface area (Å²) in [4.78, 5) is 17.2. The van der Waals surface area contributed by atoms with Crippen LogP contribution in [0.5, 0.6) is 0 Å². The Balaban J connectivity index is 2.07. The van der Waals surface area contributed by atoms with Crippen LogP contribution in [0.15, 0.2) is 42.6 Å². The molecule has 0 N–H and O–H groups in total. The summed E-state index contributed by atoms with van der Waals surface area (Å²) in [6.45, 7) is 4.77. The third-order valence-electron chi connectivity index (χ3n) is 3.39. The highest BCUT2D eigenvalue weighted by Gasteiger charge is 2.13. The molecule has 1 heterocycles. The fourth-order valence-electron chi connectivity index (χ4n) is 2.11. The summed E-state index contributed by atoms with van der Waals surface area (Å²) in [7, 11) is 1.71. The molecule has 0 bridgehead atoms. The first kappa shape index (κ1) is 15.2. The Labute approximate surface area is 124 Å². The van der Waals surface area contributed by atoms with Gasteiger partial charge < -0.3 is 4.90 Å². The molecule has 0 unspecified atom stereocenters. The van der Waals surface area contributed by atoms with Gasteiger partial charge in [-0.05, 0) is 23.1 Å². The number of rotatable bonds is 4. The number of pyridine rings is 1. The molecule has 3 nitrogen and oxygen atoms in total. The van der Waals surface area contributed by atoms with Crippen molar-refractivity contribution >= 4 is 5.91 Å². The second-order valence-electron chi connectivity index (χ2n) is 5.42. The van der Waals surface area contributed by atoms with Crippen molar-refractivity contribution < 1.29 is 9.18 Å². The number of carbonyl (C=O) groups is 1. The van der Waals surface area contributed by atoms with Crippen LogP contribution in [0.4, 0.5) is 4.39 Å². The summed E-state index contributed by atoms with van der Waals surface area (Å²) in [5.41, 5.74) is 2.62. The van der Waals surface area contributed by atoms with E-state index in [0.717, 1.165) is 11.6 Å². The third kappa shape index (κ3) is 3.88. The molecule has 4 heteroatoms. The van der Waals surface area contributed by atoms with Crippen LogP contribution in [0, 0.1) is 5.95 Å². The van der Waals surface area contributed by atoms with E-state index < -0.39 is 5.95 Å². The molecule has 110 valence electrons. The van der Waals surface area contributed by atoms with E-state index >= 15 is 0 Å². The Bertz CT molecular complexity index is 623. The molecule has 21 heavy (non-hydrogen) atoms. The van der Waals surface area contributed by atoms with Crippen molar-refractivity contribution in [3.63, 3.8) is 0 Å². The molecule has 0 aliphatic rings. The number of aromatic nitrogens is 1. The second kappa shape index (κ2) is 6.48. The Morgan fingerprint density at radius 1 is 1.24 bits per heavy atom. The molecule has 0 fully saturated rings. The van der Waals surface area contributed by atoms with E-state index in [1.165, 1.54) is 17.8 Å². The number of benzene rings is 1. The maximum Gasteiger partial charge on any atom is 0.254 e. The molecule has 1 amide bonds. The van der Waals surface area contributed by atoms with Crippen molar-refractivity contribution in [2.45, 2.75) is 26.3 Å². The van der Waals surface area contributed by atoms with Crippen molar-refractivity contribution in [2.75, 3.05) is 7.05 Å². The van der Waals surface area contributed by atoms with E-state index in [-0.39, 0.29) is 5.91 Å². The van der Waals surface area contributed by atoms with Crippen LogP contribution >= 0.6 is 0 Å². The average Bonchev–Trinajstić information content (AvgIpc) is 2.47. The smallest absolute Gasteiger partial charge is 0.254 e. The van der Waals surface area contributed by atoms with Crippen LogP contribution in [0.25, 0.3) is 0 Å². The lowest BCUT2D eigenvalue weighted by Gasteiger charge is -2.17. The van der Waals surface area contributed by atoms with Crippen LogP contribution in [-0.2, 0) is 6.54 Å². The molecule has 2 aromatic rings. The summed E-state index contributed by atoms with van der Waals surface area (Å²) in [6, 6.07) is 10.9. The van der Waals surface area contributed by atoms with Gasteiger partial charge in [0.05, 0.1) is 0 Å². The first-order valence-corrected chi connectivity index (χ1v) is 6.93. The van der Waals surface area contributed by atoms with E-state index in [9.17, 15) is 9.18 Å². The SMILES string of the molecule is CC(C)c1ccc(CN(C)C(=O)c2ccnc(F)c2)cc1. The summed E-state index contributed by atoms with van der Waals surface area (Å²) < 4.78 is 13.1. The maximum atomic E-state index is 13.1. The van der Waals surface area contributed by atoms with Gasteiger partial charge in [0.15, 0.2) is 0 Å². The fourth-order valence-corrected chi connectivity index (χ4v) is 2.11. The van der Waals surface area contributed by atoms with Gasteiger partial charge in [-0.1, -0.05) is 38.1 Å². The minimum atomic E-state index is -0.643. The largest absolute Gasteiger partial charge is 0.337 e. The van der Waals surface area contributed by atoms with Crippen molar-refractivity contribution in [2.24, 2.45) is 0 Å². The molecule has 0 atom stereocenters. The van der Waals surface area contributed by atoms with Gasteiger partial charge in [-0.2, -0.15) is 4.39 Å². The zero-order valence-corrected chi connectivity index (χ0v) is 12.5. The number of amides is 1. The number of hydrogen-bond acceptors (Lipinski definition) is 2. The summed E-state index contributed by atoms with van der Waals surface area (Å²) in [6.07, 6.45) is 1.30. The zero-order chi connectivity index (χ0) is 15.4. The maximum absolute atomic E-state index is 13.1. The highest BCUT2D eigenvalue weighted by atomic mass is 19.1. The van der Waals surface area contributed by atoms with Crippen molar-refractivity contribution in [3.8, 4) is 0 Å². The van der Waals surface area contributed by atoms with Gasteiger partial charge >= 0.3 is 0 Å². The highest BCUT2D eigenvalue weighted by Crippen LogP contribution is 2.16. The summed E-state index contributed by atoms with van der Waals surface area (Å²) in [5.74, 6) is -0.377. The van der Waals surface area contributed by atoms with E-state index in [1.54, 1.807) is 11.9 Å². The van der Waals surface area contributed by atoms with E-state index in [4.69, 9.17) is 0 Å². The number of halogens is 1. The van der Waals surface area contributed by atoms with Gasteiger partial charge in [0, 0.05) is 31.4 Å². The average molecular weight is 286 g/mol. The molecule has 0 saturated carbocycles. The predicted octanol–water partition coefficient (Wildman–Crippen LogP) is 3.62. The first-order valence-electron chi connectivity index (χ1n) is 6.93. The number of carbonyl (C=O) groups excluding carboxylic acids is 1. The van der Waals surface area contributed by atoms with E-state index in [0.29, 0.717) is 18.0 Å². The molecule has 1 aromatic carbocycles. The second-order valence-corrected chi connectivity index (χ2v) is 5.42. The Hall–Kier alpha value is -2.23. The van der Waals surface area contributed by atoms with Gasteiger partial charge in [-0.3, -0.25) is 4.79 Å². The fraction of sp³-hybridized carbons (Fsp3) is 0.294. The van der Waals surface area contributed by atoms with Gasteiger partial charge in [-0.15, -0.1) is 0 Å². The number of nitrogens with zero attached hydrogens (tertiary/aromatic N) is 2. The molecular weight excluding hydrogens is 267 g/mol. The lowest BCUT2D eigenvalue weighted by Crippen LogP contribution is -2.26. The molecule has 0 saturated heterocycles. The van der Waals surface area contributed by atoms with Crippen LogP contribution in [0.2, 0.25) is 0 Å². The predicted molar refractivity (Wildman–Crippen MR) is 80.5 cm³/mol. The van der Waals surface area contributed by atoms with E-state index in [1.807, 2.05) is 12.1 Å². The zero-order valence-electron chi connectivity index (χ0n) is 12.5. The molecule has 2 rings (SSSR count). The van der Waals surface area contributed by atoms with Gasteiger partial charge in [-0.25, -0.2) is 4.98 Å². The quantitative estimate of drug-likeness (QED) is 0.804. The molecule has 0 spiro atoms. The van der Waals surface area contributed by atoms with Gasteiger partial charge in [0.25, 0.3) is 5.91 Å². The summed E-state index contributed by atoms with van der Waals surface area (Å²) in [5, 5.41) is 0. The number of hydrogen-bond donors (Lipinski definition) is 0. The molecule has 0 radical (unpaired) electrons. The first-order chi connectivity index (χ1) is 9.97. The highest BCUT2D eigenvalue weighted by molar-refractivity contribution is 5.93. The molecule has 0 aliphatic carbocycles. The minimum Gasteiger partial charge on any atom is -0.337 e. The molecular formula is C17H19FN2O. The molecule has 0 aliphatic heterocycles. The van der Waals surface area contributed by atoms with Crippen molar-refractivity contribution in [3.05, 3.63) is 65.2 Å². The Morgan fingerprint density at radius 3 is 2.48 bits per heavy atom. The minimum absolute atomic E-state index is 0.218. The van der Waals surface area contributed by atoms with Crippen molar-refractivity contribution in [1.82, 2.24) is 9.88 Å². The third-order valence-corrected chi connectivity index (χ3v) is 3.39. The lowest BCUT2D eigenvalue weighted by molar-refractivity contribution is 0.0784. The summed E-state index contributed by atoms with van der Waals surface area (Å²) >= 11 is 0. The normalized spacial score (nSPS) is 10.7. The topological polar surface area (TPSA) is 33.2 Å². The van der Waals surface area contributed by atoms with Crippen LogP contribution in [0.1, 0.15) is 41.3 Å². The standard InChI is InChI=1S/C17H19FN2O/c1-12(2)14-6-4-13(5-7-14)11-20(3)17(21)15-8-9-19-16(18)10-15/h4-10,12H,11H2,1-3H3. The Kier molecular flexibility index (Phi) is 4.68.